The second-order valence-electron chi connectivity index (χ2n) is 4.52. The Morgan fingerprint density at radius 3 is 2.39 bits per heavy atom. The summed E-state index contributed by atoms with van der Waals surface area (Å²) in [4.78, 5) is 14.0. The van der Waals surface area contributed by atoms with Crippen molar-refractivity contribution < 1.29 is 13.2 Å². The lowest BCUT2D eigenvalue weighted by Gasteiger charge is -2.16. The van der Waals surface area contributed by atoms with Crippen molar-refractivity contribution in [3.8, 4) is 0 Å². The smallest absolute Gasteiger partial charge is 0.254 e. The van der Waals surface area contributed by atoms with Gasteiger partial charge in [0.1, 0.15) is 0 Å². The summed E-state index contributed by atoms with van der Waals surface area (Å²) in [6, 6.07) is 4.36. The van der Waals surface area contributed by atoms with E-state index in [0.29, 0.717) is 11.1 Å². The molecule has 1 fully saturated rings. The maximum absolute atomic E-state index is 12.2. The molecule has 0 radical (unpaired) electrons. The van der Waals surface area contributed by atoms with Gasteiger partial charge in [-0.15, -0.1) is 0 Å². The highest BCUT2D eigenvalue weighted by atomic mass is 32.2. The van der Waals surface area contributed by atoms with Crippen LogP contribution in [0.2, 0.25) is 0 Å². The minimum atomic E-state index is -3.71. The summed E-state index contributed by atoms with van der Waals surface area (Å²) in [5, 5.41) is 5.05. The van der Waals surface area contributed by atoms with Crippen molar-refractivity contribution in [2.24, 2.45) is 5.14 Å². The summed E-state index contributed by atoms with van der Waals surface area (Å²) in [7, 11) is -3.71. The Hall–Kier alpha value is -1.40. The monoisotopic (exact) mass is 268 g/mol. The lowest BCUT2D eigenvalue weighted by atomic mass is 10.1. The number of hydrogen-bond donors (Lipinski definition) is 1. The zero-order chi connectivity index (χ0) is 13.3. The molecule has 0 aliphatic carbocycles. The summed E-state index contributed by atoms with van der Waals surface area (Å²) >= 11 is 0. The molecule has 0 spiro atoms. The van der Waals surface area contributed by atoms with Crippen LogP contribution < -0.4 is 5.14 Å². The van der Waals surface area contributed by atoms with Crippen LogP contribution in [0.3, 0.4) is 0 Å². The summed E-state index contributed by atoms with van der Waals surface area (Å²) in [5.74, 6) is -0.0361. The number of carbonyl (C=O) groups is 1. The number of primary sulfonamides is 1. The number of rotatable bonds is 2. The highest BCUT2D eigenvalue weighted by Gasteiger charge is 2.21. The summed E-state index contributed by atoms with van der Waals surface area (Å²) < 4.78 is 22.4. The van der Waals surface area contributed by atoms with Crippen LogP contribution in [0.15, 0.2) is 23.1 Å². The van der Waals surface area contributed by atoms with Crippen molar-refractivity contribution in [2.45, 2.75) is 24.7 Å². The molecule has 98 valence electrons. The second kappa shape index (κ2) is 4.70. The van der Waals surface area contributed by atoms with Gasteiger partial charge in [0.15, 0.2) is 0 Å². The fourth-order valence-electron chi connectivity index (χ4n) is 2.14. The Bertz CT molecular complexity index is 575. The van der Waals surface area contributed by atoms with Gasteiger partial charge in [0.2, 0.25) is 10.0 Å². The predicted octanol–water partition coefficient (Wildman–Crippen LogP) is 0.878. The molecule has 1 aromatic rings. The molecule has 2 rings (SSSR count). The molecule has 1 aliphatic heterocycles. The number of amides is 1. The van der Waals surface area contributed by atoms with Crippen molar-refractivity contribution in [3.05, 3.63) is 29.3 Å². The molecular formula is C12H16N2O3S. The zero-order valence-electron chi connectivity index (χ0n) is 10.2. The van der Waals surface area contributed by atoms with Crippen LogP contribution in [0.25, 0.3) is 0 Å². The maximum Gasteiger partial charge on any atom is 0.254 e. The molecule has 2 N–H and O–H groups in total. The van der Waals surface area contributed by atoms with E-state index in [1.54, 1.807) is 11.8 Å². The third kappa shape index (κ3) is 2.54. The number of sulfonamides is 1. The van der Waals surface area contributed by atoms with Gasteiger partial charge in [-0.25, -0.2) is 13.6 Å². The van der Waals surface area contributed by atoms with E-state index in [4.69, 9.17) is 5.14 Å². The molecule has 1 aliphatic rings. The molecule has 1 heterocycles. The molecule has 0 aromatic heterocycles. The van der Waals surface area contributed by atoms with Gasteiger partial charge in [0, 0.05) is 18.7 Å². The van der Waals surface area contributed by atoms with Gasteiger partial charge in [0.25, 0.3) is 5.91 Å². The third-order valence-corrected chi connectivity index (χ3v) is 4.06. The van der Waals surface area contributed by atoms with Gasteiger partial charge in [-0.05, 0) is 43.5 Å². The van der Waals surface area contributed by atoms with E-state index >= 15 is 0 Å². The van der Waals surface area contributed by atoms with Crippen LogP contribution in [0.4, 0.5) is 0 Å². The summed E-state index contributed by atoms with van der Waals surface area (Å²) in [5.41, 5.74) is 1.18. The normalized spacial score (nSPS) is 16.0. The van der Waals surface area contributed by atoms with Crippen LogP contribution in [-0.2, 0) is 10.0 Å². The van der Waals surface area contributed by atoms with Gasteiger partial charge in [0.05, 0.1) is 4.90 Å². The number of nitrogens with two attached hydrogens (primary N) is 1. The molecule has 1 amide bonds. The first-order valence-corrected chi connectivity index (χ1v) is 7.37. The number of hydrogen-bond acceptors (Lipinski definition) is 3. The van der Waals surface area contributed by atoms with Crippen molar-refractivity contribution in [1.29, 1.82) is 0 Å². The zero-order valence-corrected chi connectivity index (χ0v) is 11.0. The van der Waals surface area contributed by atoms with Gasteiger partial charge in [-0.1, -0.05) is 0 Å². The van der Waals surface area contributed by atoms with Gasteiger partial charge < -0.3 is 4.90 Å². The second-order valence-corrected chi connectivity index (χ2v) is 6.08. The average molecular weight is 268 g/mol. The molecule has 5 nitrogen and oxygen atoms in total. The lowest BCUT2D eigenvalue weighted by molar-refractivity contribution is 0.0792. The predicted molar refractivity (Wildman–Crippen MR) is 67.7 cm³/mol. The molecule has 0 atom stereocenters. The van der Waals surface area contributed by atoms with Gasteiger partial charge in [-0.3, -0.25) is 4.79 Å². The van der Waals surface area contributed by atoms with Crippen LogP contribution >= 0.6 is 0 Å². The fraction of sp³-hybridized carbons (Fsp3) is 0.417. The van der Waals surface area contributed by atoms with E-state index in [-0.39, 0.29) is 10.8 Å². The minimum absolute atomic E-state index is 0.0361. The van der Waals surface area contributed by atoms with Crippen molar-refractivity contribution in [3.63, 3.8) is 0 Å². The van der Waals surface area contributed by atoms with E-state index in [1.165, 1.54) is 18.2 Å². The molecule has 6 heteroatoms. The first kappa shape index (κ1) is 13.0. The Morgan fingerprint density at radius 1 is 1.28 bits per heavy atom. The SMILES string of the molecule is Cc1cc(S(N)(=O)=O)ccc1C(=O)N1CCCC1. The molecule has 0 bridgehead atoms. The molecule has 1 saturated heterocycles. The van der Waals surface area contributed by atoms with Crippen molar-refractivity contribution in [1.82, 2.24) is 4.90 Å². The number of likely N-dealkylation sites (tertiary alicyclic amines) is 1. The number of nitrogens with zero attached hydrogens (tertiary/aromatic N) is 1. The molecular weight excluding hydrogens is 252 g/mol. The van der Waals surface area contributed by atoms with E-state index in [0.717, 1.165) is 25.9 Å². The first-order chi connectivity index (χ1) is 8.39. The van der Waals surface area contributed by atoms with Gasteiger partial charge in [-0.2, -0.15) is 0 Å². The largest absolute Gasteiger partial charge is 0.339 e. The Balaban J connectivity index is 2.33. The Labute approximate surface area is 107 Å². The van der Waals surface area contributed by atoms with Crippen LogP contribution in [0.5, 0.6) is 0 Å². The molecule has 0 unspecified atom stereocenters. The number of carbonyl (C=O) groups excluding carboxylic acids is 1. The van der Waals surface area contributed by atoms with E-state index in [1.807, 2.05) is 0 Å². The molecule has 18 heavy (non-hydrogen) atoms. The van der Waals surface area contributed by atoms with Crippen molar-refractivity contribution >= 4 is 15.9 Å². The minimum Gasteiger partial charge on any atom is -0.339 e. The average Bonchev–Trinajstić information content (AvgIpc) is 2.80. The topological polar surface area (TPSA) is 80.5 Å². The Morgan fingerprint density at radius 2 is 1.89 bits per heavy atom. The van der Waals surface area contributed by atoms with E-state index in [9.17, 15) is 13.2 Å². The van der Waals surface area contributed by atoms with E-state index < -0.39 is 10.0 Å². The lowest BCUT2D eigenvalue weighted by Crippen LogP contribution is -2.28. The molecule has 1 aromatic carbocycles. The third-order valence-electron chi connectivity index (χ3n) is 3.15. The number of aryl methyl sites for hydroxylation is 1. The highest BCUT2D eigenvalue weighted by molar-refractivity contribution is 7.89. The Kier molecular flexibility index (Phi) is 3.41. The molecule has 0 saturated carbocycles. The van der Waals surface area contributed by atoms with Crippen LogP contribution in [0, 0.1) is 6.92 Å². The quantitative estimate of drug-likeness (QED) is 0.864. The van der Waals surface area contributed by atoms with Crippen LogP contribution in [-0.4, -0.2) is 32.3 Å². The fourth-order valence-corrected chi connectivity index (χ4v) is 2.74. The van der Waals surface area contributed by atoms with Crippen LogP contribution in [0.1, 0.15) is 28.8 Å². The van der Waals surface area contributed by atoms with Gasteiger partial charge >= 0.3 is 0 Å². The van der Waals surface area contributed by atoms with Crippen molar-refractivity contribution in [2.75, 3.05) is 13.1 Å². The standard InChI is InChI=1S/C12H16N2O3S/c1-9-8-10(18(13,16)17)4-5-11(9)12(15)14-6-2-3-7-14/h4-5,8H,2-3,6-7H2,1H3,(H2,13,16,17). The summed E-state index contributed by atoms with van der Waals surface area (Å²) in [6.07, 6.45) is 2.06. The van der Waals surface area contributed by atoms with E-state index in [2.05, 4.69) is 0 Å². The summed E-state index contributed by atoms with van der Waals surface area (Å²) in [6.45, 7) is 3.27. The number of benzene rings is 1. The maximum atomic E-state index is 12.2. The highest BCUT2D eigenvalue weighted by Crippen LogP contribution is 2.18. The first-order valence-electron chi connectivity index (χ1n) is 5.82.